The van der Waals surface area contributed by atoms with Gasteiger partial charge < -0.3 is 15.1 Å². The first-order chi connectivity index (χ1) is 14.9. The Morgan fingerprint density at radius 1 is 1.03 bits per heavy atom. The fourth-order valence-corrected chi connectivity index (χ4v) is 4.16. The van der Waals surface area contributed by atoms with Crippen LogP contribution in [0.15, 0.2) is 48.5 Å². The van der Waals surface area contributed by atoms with Gasteiger partial charge in [0.15, 0.2) is 0 Å². The van der Waals surface area contributed by atoms with Gasteiger partial charge in [0.1, 0.15) is 6.04 Å². The van der Waals surface area contributed by atoms with Crippen molar-refractivity contribution in [3.63, 3.8) is 0 Å². The van der Waals surface area contributed by atoms with Gasteiger partial charge in [0.2, 0.25) is 5.91 Å². The highest BCUT2D eigenvalue weighted by Crippen LogP contribution is 2.26. The van der Waals surface area contributed by atoms with Gasteiger partial charge in [-0.05, 0) is 44.7 Å². The Kier molecular flexibility index (Phi) is 8.07. The van der Waals surface area contributed by atoms with Gasteiger partial charge in [0.05, 0.1) is 10.6 Å². The third-order valence-electron chi connectivity index (χ3n) is 5.78. The molecule has 1 aliphatic rings. The molecule has 2 amide bonds. The molecule has 1 heterocycles. The molecular weight excluding hydrogens is 412 g/mol. The van der Waals surface area contributed by atoms with Gasteiger partial charge in [-0.25, -0.2) is 0 Å². The summed E-state index contributed by atoms with van der Waals surface area (Å²) in [6, 6.07) is 14.5. The maximum Gasteiger partial charge on any atom is 0.255 e. The smallest absolute Gasteiger partial charge is 0.255 e. The molecule has 0 bridgehead atoms. The van der Waals surface area contributed by atoms with Crippen LogP contribution in [-0.2, 0) is 4.79 Å². The van der Waals surface area contributed by atoms with Gasteiger partial charge in [0, 0.05) is 45.0 Å². The molecule has 6 nitrogen and oxygen atoms in total. The number of benzene rings is 2. The molecule has 0 aliphatic carbocycles. The number of piperazine rings is 1. The van der Waals surface area contributed by atoms with E-state index in [1.54, 1.807) is 23.1 Å². The summed E-state index contributed by atoms with van der Waals surface area (Å²) in [6.45, 7) is 8.60. The van der Waals surface area contributed by atoms with Crippen LogP contribution in [0.3, 0.4) is 0 Å². The predicted octanol–water partition coefficient (Wildman–Crippen LogP) is 3.75. The van der Waals surface area contributed by atoms with E-state index in [1.807, 2.05) is 44.2 Å². The van der Waals surface area contributed by atoms with Crippen LogP contribution in [-0.4, -0.2) is 72.8 Å². The zero-order valence-corrected chi connectivity index (χ0v) is 19.2. The van der Waals surface area contributed by atoms with Gasteiger partial charge in [-0.1, -0.05) is 41.9 Å². The fraction of sp³-hybridized carbons (Fsp3) is 0.417. The van der Waals surface area contributed by atoms with E-state index >= 15 is 0 Å². The molecule has 0 aromatic heterocycles. The van der Waals surface area contributed by atoms with E-state index < -0.39 is 0 Å². The average Bonchev–Trinajstić information content (AvgIpc) is 2.77. The van der Waals surface area contributed by atoms with Crippen LogP contribution in [0.5, 0.6) is 0 Å². The van der Waals surface area contributed by atoms with Crippen LogP contribution in [0.2, 0.25) is 5.02 Å². The number of carbonyl (C=O) groups excluding carboxylic acids is 2. The van der Waals surface area contributed by atoms with Crippen molar-refractivity contribution >= 4 is 29.1 Å². The molecule has 1 aliphatic heterocycles. The molecule has 2 aromatic carbocycles. The highest BCUT2D eigenvalue weighted by atomic mass is 35.5. The van der Waals surface area contributed by atoms with Gasteiger partial charge >= 0.3 is 0 Å². The Morgan fingerprint density at radius 2 is 1.68 bits per heavy atom. The second-order valence-corrected chi connectivity index (χ2v) is 8.22. The number of rotatable bonds is 7. The normalized spacial score (nSPS) is 16.0. The summed E-state index contributed by atoms with van der Waals surface area (Å²) in [7, 11) is 2.10. The molecule has 1 saturated heterocycles. The van der Waals surface area contributed by atoms with E-state index in [2.05, 4.69) is 22.2 Å². The number of hydrogen-bond acceptors (Lipinski definition) is 4. The lowest BCUT2D eigenvalue weighted by Gasteiger charge is -2.37. The maximum atomic E-state index is 13.3. The molecule has 0 spiro atoms. The van der Waals surface area contributed by atoms with Crippen molar-refractivity contribution in [1.82, 2.24) is 14.7 Å². The van der Waals surface area contributed by atoms with Crippen LogP contribution in [0, 0.1) is 0 Å². The van der Waals surface area contributed by atoms with Crippen molar-refractivity contribution in [2.45, 2.75) is 19.9 Å². The summed E-state index contributed by atoms with van der Waals surface area (Å²) < 4.78 is 0. The summed E-state index contributed by atoms with van der Waals surface area (Å²) in [4.78, 5) is 32.2. The van der Waals surface area contributed by atoms with Crippen molar-refractivity contribution in [2.24, 2.45) is 0 Å². The fourth-order valence-electron chi connectivity index (χ4n) is 3.90. The largest absolute Gasteiger partial charge is 0.339 e. The van der Waals surface area contributed by atoms with Crippen molar-refractivity contribution in [1.29, 1.82) is 0 Å². The van der Waals surface area contributed by atoms with Crippen molar-refractivity contribution in [3.05, 3.63) is 64.7 Å². The Bertz CT molecular complexity index is 894. The molecule has 7 heteroatoms. The van der Waals surface area contributed by atoms with Crippen molar-refractivity contribution in [3.8, 4) is 0 Å². The van der Waals surface area contributed by atoms with Crippen LogP contribution >= 0.6 is 11.6 Å². The van der Waals surface area contributed by atoms with Crippen LogP contribution in [0.25, 0.3) is 0 Å². The number of likely N-dealkylation sites (N-methyl/N-ethyl adjacent to an activating group) is 1. The molecule has 31 heavy (non-hydrogen) atoms. The minimum absolute atomic E-state index is 0.102. The molecule has 1 N–H and O–H groups in total. The number of nitrogens with one attached hydrogen (secondary N) is 1. The number of hydrogen-bond donors (Lipinski definition) is 1. The molecule has 0 saturated carbocycles. The van der Waals surface area contributed by atoms with Crippen LogP contribution < -0.4 is 5.32 Å². The van der Waals surface area contributed by atoms with Gasteiger partial charge in [-0.3, -0.25) is 14.5 Å². The first-order valence-corrected chi connectivity index (χ1v) is 11.2. The molecule has 2 aromatic rings. The third-order valence-corrected chi connectivity index (χ3v) is 6.10. The van der Waals surface area contributed by atoms with E-state index in [4.69, 9.17) is 11.6 Å². The Morgan fingerprint density at radius 3 is 2.26 bits per heavy atom. The Labute approximate surface area is 189 Å². The topological polar surface area (TPSA) is 55.9 Å². The predicted molar refractivity (Wildman–Crippen MR) is 126 cm³/mol. The summed E-state index contributed by atoms with van der Waals surface area (Å²) >= 11 is 6.41. The highest BCUT2D eigenvalue weighted by Gasteiger charge is 2.30. The lowest BCUT2D eigenvalue weighted by Crippen LogP contribution is -2.48. The number of halogens is 1. The molecule has 166 valence electrons. The number of nitrogens with zero attached hydrogens (tertiary/aromatic N) is 3. The molecule has 3 rings (SSSR count). The summed E-state index contributed by atoms with van der Waals surface area (Å²) in [5, 5.41) is 3.35. The monoisotopic (exact) mass is 442 g/mol. The zero-order valence-electron chi connectivity index (χ0n) is 18.5. The molecule has 1 fully saturated rings. The SMILES string of the molecule is CCN(CC)C(=O)c1ccc(NC(=O)C(c2ccccc2)N2CCN(C)CC2)cc1Cl. The van der Waals surface area contributed by atoms with Gasteiger partial charge in [0.25, 0.3) is 5.91 Å². The molecular formula is C24H31ClN4O2. The van der Waals surface area contributed by atoms with E-state index in [1.165, 1.54) is 0 Å². The van der Waals surface area contributed by atoms with E-state index in [0.29, 0.717) is 29.4 Å². The van der Waals surface area contributed by atoms with Crippen LogP contribution in [0.4, 0.5) is 5.69 Å². The quantitative estimate of drug-likeness (QED) is 0.709. The van der Waals surface area contributed by atoms with E-state index in [-0.39, 0.29) is 17.9 Å². The Balaban J connectivity index is 1.80. The summed E-state index contributed by atoms with van der Waals surface area (Å²) in [5.74, 6) is -0.206. The zero-order chi connectivity index (χ0) is 22.4. The molecule has 1 atom stereocenters. The minimum Gasteiger partial charge on any atom is -0.339 e. The second kappa shape index (κ2) is 10.8. The number of amides is 2. The number of anilines is 1. The first kappa shape index (κ1) is 23.3. The van der Waals surface area contributed by atoms with Crippen LogP contribution in [0.1, 0.15) is 35.8 Å². The minimum atomic E-state index is -0.384. The second-order valence-electron chi connectivity index (χ2n) is 7.81. The van der Waals surface area contributed by atoms with Gasteiger partial charge in [-0.15, -0.1) is 0 Å². The van der Waals surface area contributed by atoms with E-state index in [9.17, 15) is 9.59 Å². The lowest BCUT2D eigenvalue weighted by atomic mass is 10.0. The number of carbonyl (C=O) groups is 2. The summed E-state index contributed by atoms with van der Waals surface area (Å²) in [6.07, 6.45) is 0. The maximum absolute atomic E-state index is 13.3. The molecule has 0 radical (unpaired) electrons. The highest BCUT2D eigenvalue weighted by molar-refractivity contribution is 6.34. The van der Waals surface area contributed by atoms with Gasteiger partial charge in [-0.2, -0.15) is 0 Å². The average molecular weight is 443 g/mol. The Hall–Kier alpha value is -2.41. The first-order valence-electron chi connectivity index (χ1n) is 10.8. The third kappa shape index (κ3) is 5.64. The lowest BCUT2D eigenvalue weighted by molar-refractivity contribution is -0.122. The summed E-state index contributed by atoms with van der Waals surface area (Å²) in [5.41, 5.74) is 1.99. The standard InChI is InChI=1S/C24H31ClN4O2/c1-4-28(5-2)24(31)20-12-11-19(17-21(20)25)26-23(30)22(18-9-7-6-8-10-18)29-15-13-27(3)14-16-29/h6-12,17,22H,4-5,13-16H2,1-3H3,(H,26,30). The van der Waals surface area contributed by atoms with Crippen molar-refractivity contribution in [2.75, 3.05) is 51.6 Å². The van der Waals surface area contributed by atoms with Crippen molar-refractivity contribution < 1.29 is 9.59 Å². The van der Waals surface area contributed by atoms with E-state index in [0.717, 1.165) is 31.7 Å². The molecule has 1 unspecified atom stereocenters.